The summed E-state index contributed by atoms with van der Waals surface area (Å²) in [4.78, 5) is 12.1. The van der Waals surface area contributed by atoms with Crippen LogP contribution in [0, 0.1) is 5.92 Å². The van der Waals surface area contributed by atoms with Crippen LogP contribution in [0.15, 0.2) is 22.8 Å². The molecule has 0 aromatic carbocycles. The summed E-state index contributed by atoms with van der Waals surface area (Å²) >= 11 is 0. The van der Waals surface area contributed by atoms with E-state index in [1.807, 2.05) is 19.1 Å². The molecular formula is C14H22N2O2. The number of nitrogens with one attached hydrogen (secondary N) is 2. The number of hydrogen-bond acceptors (Lipinski definition) is 3. The molecule has 2 unspecified atom stereocenters. The van der Waals surface area contributed by atoms with Crippen molar-refractivity contribution < 1.29 is 9.21 Å². The highest BCUT2D eigenvalue weighted by Gasteiger charge is 2.27. The number of hydrogen-bond donors (Lipinski definition) is 2. The molecule has 0 bridgehead atoms. The largest absolute Gasteiger partial charge is 0.467 e. The number of carbonyl (C=O) groups excluding carboxylic acids is 1. The highest BCUT2D eigenvalue weighted by Crippen LogP contribution is 2.20. The molecule has 1 saturated heterocycles. The second-order valence-electron chi connectivity index (χ2n) is 5.05. The Morgan fingerprint density at radius 2 is 2.50 bits per heavy atom. The van der Waals surface area contributed by atoms with Gasteiger partial charge in [-0.1, -0.05) is 13.3 Å². The van der Waals surface area contributed by atoms with Gasteiger partial charge in [-0.2, -0.15) is 0 Å². The van der Waals surface area contributed by atoms with Crippen LogP contribution in [0.1, 0.15) is 44.9 Å². The number of rotatable bonds is 4. The predicted octanol–water partition coefficient (Wildman–Crippen LogP) is 2.23. The van der Waals surface area contributed by atoms with Gasteiger partial charge in [0, 0.05) is 0 Å². The third-order valence-electron chi connectivity index (χ3n) is 3.73. The molecule has 0 spiro atoms. The zero-order valence-corrected chi connectivity index (χ0v) is 11.1. The Balaban J connectivity index is 1.87. The Morgan fingerprint density at radius 1 is 1.67 bits per heavy atom. The lowest BCUT2D eigenvalue weighted by Gasteiger charge is -2.29. The average molecular weight is 250 g/mol. The smallest absolute Gasteiger partial charge is 0.237 e. The fourth-order valence-electron chi connectivity index (χ4n) is 2.49. The Bertz CT molecular complexity index is 375. The third kappa shape index (κ3) is 3.13. The highest BCUT2D eigenvalue weighted by molar-refractivity contribution is 5.82. The minimum absolute atomic E-state index is 0.0545. The van der Waals surface area contributed by atoms with Crippen molar-refractivity contribution in [2.45, 2.75) is 45.2 Å². The molecular weight excluding hydrogens is 228 g/mol. The van der Waals surface area contributed by atoms with Gasteiger partial charge >= 0.3 is 0 Å². The lowest BCUT2D eigenvalue weighted by Crippen LogP contribution is -2.49. The summed E-state index contributed by atoms with van der Waals surface area (Å²) in [7, 11) is 0. The van der Waals surface area contributed by atoms with Crippen LogP contribution in [0.2, 0.25) is 0 Å². The summed E-state index contributed by atoms with van der Waals surface area (Å²) in [5, 5.41) is 6.29. The second-order valence-corrected chi connectivity index (χ2v) is 5.05. The van der Waals surface area contributed by atoms with Crippen molar-refractivity contribution in [3.8, 4) is 0 Å². The molecule has 1 aliphatic heterocycles. The Labute approximate surface area is 108 Å². The van der Waals surface area contributed by atoms with Gasteiger partial charge in [0.2, 0.25) is 5.91 Å². The lowest BCUT2D eigenvalue weighted by molar-refractivity contribution is -0.124. The minimum Gasteiger partial charge on any atom is -0.467 e. The molecule has 1 fully saturated rings. The summed E-state index contributed by atoms with van der Waals surface area (Å²) < 4.78 is 5.29. The van der Waals surface area contributed by atoms with E-state index in [1.54, 1.807) is 6.26 Å². The van der Waals surface area contributed by atoms with Crippen molar-refractivity contribution in [3.63, 3.8) is 0 Å². The topological polar surface area (TPSA) is 54.3 Å². The molecule has 2 heterocycles. The van der Waals surface area contributed by atoms with E-state index < -0.39 is 0 Å². The zero-order valence-electron chi connectivity index (χ0n) is 11.1. The van der Waals surface area contributed by atoms with E-state index in [1.165, 1.54) is 6.42 Å². The highest BCUT2D eigenvalue weighted by atomic mass is 16.3. The van der Waals surface area contributed by atoms with Crippen LogP contribution in [-0.4, -0.2) is 18.5 Å². The van der Waals surface area contributed by atoms with E-state index in [-0.39, 0.29) is 18.0 Å². The van der Waals surface area contributed by atoms with Crippen LogP contribution in [0.5, 0.6) is 0 Å². The molecule has 1 aromatic rings. The molecule has 3 atom stereocenters. The Kier molecular flexibility index (Phi) is 4.42. The first kappa shape index (κ1) is 13.1. The first-order chi connectivity index (χ1) is 8.70. The first-order valence-electron chi connectivity index (χ1n) is 6.77. The maximum absolute atomic E-state index is 12.1. The minimum atomic E-state index is -0.0729. The zero-order chi connectivity index (χ0) is 13.0. The molecule has 2 rings (SSSR count). The fraction of sp³-hybridized carbons (Fsp3) is 0.643. The molecule has 4 heteroatoms. The molecule has 0 aliphatic carbocycles. The normalized spacial score (nSPS) is 25.7. The van der Waals surface area contributed by atoms with Crippen LogP contribution in [-0.2, 0) is 4.79 Å². The summed E-state index contributed by atoms with van der Waals surface area (Å²) in [5.74, 6) is 1.55. The van der Waals surface area contributed by atoms with E-state index >= 15 is 0 Å². The summed E-state index contributed by atoms with van der Waals surface area (Å²) in [6, 6.07) is 3.59. The van der Waals surface area contributed by atoms with Gasteiger partial charge in [0.05, 0.1) is 18.3 Å². The Hall–Kier alpha value is -1.29. The summed E-state index contributed by atoms with van der Waals surface area (Å²) in [6.07, 6.45) is 4.89. The predicted molar refractivity (Wildman–Crippen MR) is 70.1 cm³/mol. The first-order valence-corrected chi connectivity index (χ1v) is 6.77. The van der Waals surface area contributed by atoms with E-state index in [0.717, 1.165) is 25.1 Å². The standard InChI is InChI=1S/C14H22N2O2/c1-3-11-6-7-15-12(9-11)14(17)16-10(2)13-5-4-8-18-13/h4-5,8,10-12,15H,3,6-7,9H2,1-2H3,(H,16,17)/t10-,11?,12?/m1/s1. The fourth-order valence-corrected chi connectivity index (χ4v) is 2.49. The molecule has 4 nitrogen and oxygen atoms in total. The monoisotopic (exact) mass is 250 g/mol. The van der Waals surface area contributed by atoms with E-state index in [4.69, 9.17) is 4.42 Å². The van der Waals surface area contributed by atoms with Gasteiger partial charge in [0.25, 0.3) is 0 Å². The number of piperidine rings is 1. The van der Waals surface area contributed by atoms with Gasteiger partial charge in [-0.3, -0.25) is 4.79 Å². The Morgan fingerprint density at radius 3 is 3.17 bits per heavy atom. The number of furan rings is 1. The van der Waals surface area contributed by atoms with Gasteiger partial charge in [-0.25, -0.2) is 0 Å². The number of amides is 1. The molecule has 100 valence electrons. The van der Waals surface area contributed by atoms with E-state index in [9.17, 15) is 4.79 Å². The number of carbonyl (C=O) groups is 1. The lowest BCUT2D eigenvalue weighted by atomic mass is 9.90. The molecule has 1 aliphatic rings. The molecule has 1 aromatic heterocycles. The molecule has 2 N–H and O–H groups in total. The van der Waals surface area contributed by atoms with Crippen LogP contribution in [0.25, 0.3) is 0 Å². The van der Waals surface area contributed by atoms with Crippen molar-refractivity contribution >= 4 is 5.91 Å². The third-order valence-corrected chi connectivity index (χ3v) is 3.73. The van der Waals surface area contributed by atoms with Crippen LogP contribution in [0.4, 0.5) is 0 Å². The SMILES string of the molecule is CCC1CCNC(C(=O)N[C@H](C)c2ccco2)C1. The van der Waals surface area contributed by atoms with Crippen LogP contribution >= 0.6 is 0 Å². The second kappa shape index (κ2) is 6.05. The van der Waals surface area contributed by atoms with Gasteiger partial charge < -0.3 is 15.1 Å². The van der Waals surface area contributed by atoms with Gasteiger partial charge in [-0.15, -0.1) is 0 Å². The average Bonchev–Trinajstić information content (AvgIpc) is 2.92. The van der Waals surface area contributed by atoms with Crippen molar-refractivity contribution in [3.05, 3.63) is 24.2 Å². The van der Waals surface area contributed by atoms with E-state index in [2.05, 4.69) is 17.6 Å². The molecule has 1 amide bonds. The van der Waals surface area contributed by atoms with Gasteiger partial charge in [0.15, 0.2) is 0 Å². The molecule has 0 radical (unpaired) electrons. The van der Waals surface area contributed by atoms with Gasteiger partial charge in [-0.05, 0) is 44.4 Å². The summed E-state index contributed by atoms with van der Waals surface area (Å²) in [5.41, 5.74) is 0. The van der Waals surface area contributed by atoms with Crippen molar-refractivity contribution in [2.24, 2.45) is 5.92 Å². The molecule has 0 saturated carbocycles. The van der Waals surface area contributed by atoms with Crippen LogP contribution < -0.4 is 10.6 Å². The maximum atomic E-state index is 12.1. The van der Waals surface area contributed by atoms with Crippen molar-refractivity contribution in [1.29, 1.82) is 0 Å². The molecule has 18 heavy (non-hydrogen) atoms. The van der Waals surface area contributed by atoms with E-state index in [0.29, 0.717) is 5.92 Å². The van der Waals surface area contributed by atoms with Crippen LogP contribution in [0.3, 0.4) is 0 Å². The summed E-state index contributed by atoms with van der Waals surface area (Å²) in [6.45, 7) is 5.07. The van der Waals surface area contributed by atoms with Crippen molar-refractivity contribution in [2.75, 3.05) is 6.54 Å². The quantitative estimate of drug-likeness (QED) is 0.861. The van der Waals surface area contributed by atoms with Gasteiger partial charge in [0.1, 0.15) is 5.76 Å². The van der Waals surface area contributed by atoms with Crippen molar-refractivity contribution in [1.82, 2.24) is 10.6 Å². The maximum Gasteiger partial charge on any atom is 0.237 e.